The fourth-order valence-corrected chi connectivity index (χ4v) is 3.16. The van der Waals surface area contributed by atoms with Gasteiger partial charge in [-0.15, -0.1) is 0 Å². The Hall–Kier alpha value is -4.46. The molecule has 0 unspecified atom stereocenters. The second-order valence-corrected chi connectivity index (χ2v) is 7.10. The molecule has 0 saturated carbocycles. The zero-order chi connectivity index (χ0) is 24.1. The summed E-state index contributed by atoms with van der Waals surface area (Å²) in [5.41, 5.74) is 1.46. The van der Waals surface area contributed by atoms with Crippen molar-refractivity contribution in [3.05, 3.63) is 94.9 Å². The van der Waals surface area contributed by atoms with Gasteiger partial charge in [-0.1, -0.05) is 12.1 Å². The molecule has 8 heteroatoms. The summed E-state index contributed by atoms with van der Waals surface area (Å²) in [5.74, 6) is -0.441. The average Bonchev–Trinajstić information content (AvgIpc) is 3.21. The molecule has 0 fully saturated rings. The first-order valence-electron chi connectivity index (χ1n) is 10.4. The number of benzene rings is 3. The molecule has 0 N–H and O–H groups in total. The molecule has 172 valence electrons. The van der Waals surface area contributed by atoms with E-state index in [2.05, 4.69) is 4.99 Å². The van der Waals surface area contributed by atoms with Crippen LogP contribution in [0.4, 0.5) is 4.39 Å². The molecule has 3 aromatic carbocycles. The molecule has 0 bridgehead atoms. The number of halogens is 1. The summed E-state index contributed by atoms with van der Waals surface area (Å²) in [6.45, 7) is 2.13. The highest BCUT2D eigenvalue weighted by Crippen LogP contribution is 2.31. The van der Waals surface area contributed by atoms with E-state index in [1.165, 1.54) is 37.5 Å². The minimum atomic E-state index is -0.634. The summed E-state index contributed by atoms with van der Waals surface area (Å²) in [6.07, 6.45) is 1.52. The highest BCUT2D eigenvalue weighted by Gasteiger charge is 2.24. The van der Waals surface area contributed by atoms with Crippen molar-refractivity contribution in [2.75, 3.05) is 13.7 Å². The van der Waals surface area contributed by atoms with E-state index >= 15 is 0 Å². The van der Waals surface area contributed by atoms with Crippen molar-refractivity contribution in [2.24, 2.45) is 4.99 Å². The Balaban J connectivity index is 1.58. The molecular weight excluding hydrogens is 441 g/mol. The molecule has 1 aliphatic rings. The van der Waals surface area contributed by atoms with Crippen LogP contribution in [0.25, 0.3) is 6.08 Å². The first-order chi connectivity index (χ1) is 16.5. The van der Waals surface area contributed by atoms with Crippen LogP contribution in [0, 0.1) is 5.82 Å². The predicted octanol–water partition coefficient (Wildman–Crippen LogP) is 4.80. The fourth-order valence-electron chi connectivity index (χ4n) is 3.16. The maximum Gasteiger partial charge on any atom is 0.363 e. The van der Waals surface area contributed by atoms with Crippen LogP contribution < -0.4 is 14.2 Å². The quantitative estimate of drug-likeness (QED) is 0.286. The van der Waals surface area contributed by atoms with E-state index in [0.29, 0.717) is 34.8 Å². The number of esters is 2. The van der Waals surface area contributed by atoms with Gasteiger partial charge in [-0.3, -0.25) is 0 Å². The van der Waals surface area contributed by atoms with Crippen LogP contribution in [0.3, 0.4) is 0 Å². The van der Waals surface area contributed by atoms with Crippen molar-refractivity contribution >= 4 is 23.9 Å². The van der Waals surface area contributed by atoms with Crippen LogP contribution in [0.1, 0.15) is 28.4 Å². The Bertz CT molecular complexity index is 1300. The first-order valence-corrected chi connectivity index (χ1v) is 10.4. The van der Waals surface area contributed by atoms with E-state index in [1.54, 1.807) is 49.4 Å². The number of nitrogens with zero attached hydrogens (tertiary/aromatic N) is 1. The lowest BCUT2D eigenvalue weighted by Crippen LogP contribution is -2.10. The lowest BCUT2D eigenvalue weighted by molar-refractivity contribution is -0.129. The molecule has 0 saturated heterocycles. The average molecular weight is 461 g/mol. The van der Waals surface area contributed by atoms with E-state index in [9.17, 15) is 14.0 Å². The van der Waals surface area contributed by atoms with Crippen LogP contribution in [-0.4, -0.2) is 31.6 Å². The molecule has 0 radical (unpaired) electrons. The van der Waals surface area contributed by atoms with Gasteiger partial charge in [-0.05, 0) is 73.2 Å². The van der Waals surface area contributed by atoms with Gasteiger partial charge in [0.05, 0.1) is 19.3 Å². The number of rotatable bonds is 7. The minimum Gasteiger partial charge on any atom is -0.497 e. The summed E-state index contributed by atoms with van der Waals surface area (Å²) in [7, 11) is 1.51. The molecule has 1 heterocycles. The van der Waals surface area contributed by atoms with Crippen LogP contribution in [0.5, 0.6) is 17.2 Å². The molecule has 0 amide bonds. The topological polar surface area (TPSA) is 83.4 Å². The maximum absolute atomic E-state index is 13.1. The van der Waals surface area contributed by atoms with E-state index in [0.717, 1.165) is 0 Å². The number of cyclic esters (lactones) is 1. The maximum atomic E-state index is 13.1. The van der Waals surface area contributed by atoms with E-state index in [4.69, 9.17) is 18.9 Å². The third-order valence-electron chi connectivity index (χ3n) is 4.79. The number of carbonyl (C=O) groups excluding carboxylic acids is 2. The summed E-state index contributed by atoms with van der Waals surface area (Å²) >= 11 is 0. The summed E-state index contributed by atoms with van der Waals surface area (Å²) < 4.78 is 34.7. The normalized spacial score (nSPS) is 13.9. The Morgan fingerprint density at radius 3 is 2.59 bits per heavy atom. The second kappa shape index (κ2) is 9.99. The molecular formula is C26H20FNO6. The van der Waals surface area contributed by atoms with Crippen molar-refractivity contribution < 1.29 is 32.9 Å². The summed E-state index contributed by atoms with van der Waals surface area (Å²) in [4.78, 5) is 29.1. The van der Waals surface area contributed by atoms with Gasteiger partial charge in [-0.25, -0.2) is 19.0 Å². The molecule has 1 aliphatic heterocycles. The number of hydrogen-bond acceptors (Lipinski definition) is 7. The van der Waals surface area contributed by atoms with E-state index in [-0.39, 0.29) is 17.3 Å². The third kappa shape index (κ3) is 5.12. The van der Waals surface area contributed by atoms with Gasteiger partial charge >= 0.3 is 11.9 Å². The molecule has 4 rings (SSSR count). The van der Waals surface area contributed by atoms with Gasteiger partial charge in [0, 0.05) is 5.56 Å². The van der Waals surface area contributed by atoms with Crippen molar-refractivity contribution in [2.45, 2.75) is 6.92 Å². The number of ether oxygens (including phenoxy) is 4. The molecule has 3 aromatic rings. The standard InChI is InChI=1S/C26H20FNO6/c1-3-32-23-14-16(7-12-22(23)33-25(29)18-5-4-6-20(15-18)31-2)13-21-26(30)34-24(28-21)17-8-10-19(27)11-9-17/h4-15H,3H2,1-2H3/b21-13-. The molecule has 0 spiro atoms. The van der Waals surface area contributed by atoms with Crippen LogP contribution >= 0.6 is 0 Å². The van der Waals surface area contributed by atoms with E-state index < -0.39 is 17.8 Å². The number of methoxy groups -OCH3 is 1. The molecule has 0 aliphatic carbocycles. The highest BCUT2D eigenvalue weighted by atomic mass is 19.1. The molecule has 7 nitrogen and oxygen atoms in total. The van der Waals surface area contributed by atoms with Gasteiger partial charge in [0.2, 0.25) is 5.90 Å². The Morgan fingerprint density at radius 2 is 1.85 bits per heavy atom. The zero-order valence-electron chi connectivity index (χ0n) is 18.4. The lowest BCUT2D eigenvalue weighted by atomic mass is 10.1. The van der Waals surface area contributed by atoms with Gasteiger partial charge in [-0.2, -0.15) is 0 Å². The SMILES string of the molecule is CCOc1cc(/C=C2\N=C(c3ccc(F)cc3)OC2=O)ccc1OC(=O)c1cccc(OC)c1. The number of aliphatic imine (C=N–C) groups is 1. The number of carbonyl (C=O) groups is 2. The number of hydrogen-bond donors (Lipinski definition) is 0. The molecule has 0 atom stereocenters. The smallest absolute Gasteiger partial charge is 0.363 e. The fraction of sp³-hybridized carbons (Fsp3) is 0.115. The Morgan fingerprint density at radius 1 is 1.06 bits per heavy atom. The van der Waals surface area contributed by atoms with Gasteiger partial charge in [0.15, 0.2) is 17.2 Å². The second-order valence-electron chi connectivity index (χ2n) is 7.10. The Kier molecular flexibility index (Phi) is 6.68. The van der Waals surface area contributed by atoms with Gasteiger partial charge in [0.25, 0.3) is 0 Å². The lowest BCUT2D eigenvalue weighted by Gasteiger charge is -2.12. The first kappa shape index (κ1) is 22.7. The van der Waals surface area contributed by atoms with Crippen molar-refractivity contribution in [3.8, 4) is 17.2 Å². The zero-order valence-corrected chi connectivity index (χ0v) is 18.4. The van der Waals surface area contributed by atoms with Crippen LogP contribution in [-0.2, 0) is 9.53 Å². The summed E-state index contributed by atoms with van der Waals surface area (Å²) in [5, 5.41) is 0. The van der Waals surface area contributed by atoms with Crippen LogP contribution in [0.15, 0.2) is 77.4 Å². The summed E-state index contributed by atoms with van der Waals surface area (Å²) in [6, 6.07) is 16.9. The van der Waals surface area contributed by atoms with Crippen LogP contribution in [0.2, 0.25) is 0 Å². The Labute approximate surface area is 195 Å². The highest BCUT2D eigenvalue weighted by molar-refractivity contribution is 6.12. The third-order valence-corrected chi connectivity index (χ3v) is 4.79. The largest absolute Gasteiger partial charge is 0.497 e. The van der Waals surface area contributed by atoms with E-state index in [1.807, 2.05) is 0 Å². The van der Waals surface area contributed by atoms with Gasteiger partial charge in [0.1, 0.15) is 11.6 Å². The molecule has 0 aromatic heterocycles. The predicted molar refractivity (Wildman–Crippen MR) is 123 cm³/mol. The van der Waals surface area contributed by atoms with Crippen molar-refractivity contribution in [1.29, 1.82) is 0 Å². The molecule has 34 heavy (non-hydrogen) atoms. The van der Waals surface area contributed by atoms with Crippen molar-refractivity contribution in [1.82, 2.24) is 0 Å². The van der Waals surface area contributed by atoms with Gasteiger partial charge < -0.3 is 18.9 Å². The minimum absolute atomic E-state index is 0.0721. The van der Waals surface area contributed by atoms with Crippen molar-refractivity contribution in [3.63, 3.8) is 0 Å². The monoisotopic (exact) mass is 461 g/mol.